The van der Waals surface area contributed by atoms with Crippen molar-refractivity contribution in [2.45, 2.75) is 57.1 Å². The van der Waals surface area contributed by atoms with Gasteiger partial charge in [-0.2, -0.15) is 0 Å². The standard InChI is InChI=1S/C19H26N2O3/c22-18(10-5-13-20-19(23)14-11-12-14)21-16-8-4-9-17(16)24-15-6-2-1-3-7-15/h1-3,6-7,14,16-17H,4-5,8-13H2,(H,20,23)(H,21,22). The van der Waals surface area contributed by atoms with Gasteiger partial charge in [0, 0.05) is 18.9 Å². The SMILES string of the molecule is O=C(CCCNC(=O)C1CC1)NC1CCCC1Oc1ccccc1. The Bertz CT molecular complexity index is 557. The number of hydrogen-bond donors (Lipinski definition) is 2. The lowest BCUT2D eigenvalue weighted by Crippen LogP contribution is -2.42. The van der Waals surface area contributed by atoms with Crippen molar-refractivity contribution in [1.29, 1.82) is 0 Å². The topological polar surface area (TPSA) is 67.4 Å². The predicted molar refractivity (Wildman–Crippen MR) is 91.6 cm³/mol. The average Bonchev–Trinajstić information content (AvgIpc) is 3.36. The molecule has 2 amide bonds. The minimum Gasteiger partial charge on any atom is -0.488 e. The summed E-state index contributed by atoms with van der Waals surface area (Å²) in [6.45, 7) is 0.581. The first-order valence-corrected chi connectivity index (χ1v) is 9.01. The van der Waals surface area contributed by atoms with Gasteiger partial charge in [-0.1, -0.05) is 18.2 Å². The number of ether oxygens (including phenoxy) is 1. The molecule has 0 saturated heterocycles. The third-order valence-electron chi connectivity index (χ3n) is 4.66. The van der Waals surface area contributed by atoms with Crippen LogP contribution in [0.15, 0.2) is 30.3 Å². The van der Waals surface area contributed by atoms with Crippen molar-refractivity contribution in [2.24, 2.45) is 5.92 Å². The van der Waals surface area contributed by atoms with Crippen molar-refractivity contribution < 1.29 is 14.3 Å². The van der Waals surface area contributed by atoms with E-state index in [0.717, 1.165) is 37.9 Å². The maximum absolute atomic E-state index is 12.1. The minimum absolute atomic E-state index is 0.0456. The second kappa shape index (κ2) is 8.18. The van der Waals surface area contributed by atoms with Crippen LogP contribution < -0.4 is 15.4 Å². The van der Waals surface area contributed by atoms with Crippen LogP contribution in [0.4, 0.5) is 0 Å². The monoisotopic (exact) mass is 330 g/mol. The maximum Gasteiger partial charge on any atom is 0.223 e. The molecule has 24 heavy (non-hydrogen) atoms. The molecule has 0 bridgehead atoms. The van der Waals surface area contributed by atoms with E-state index in [1.807, 2.05) is 30.3 Å². The Balaban J connectivity index is 1.36. The summed E-state index contributed by atoms with van der Waals surface area (Å²) in [6.07, 6.45) is 6.19. The highest BCUT2D eigenvalue weighted by Gasteiger charge is 2.30. The number of carbonyl (C=O) groups excluding carboxylic acids is 2. The Morgan fingerprint density at radius 1 is 1.08 bits per heavy atom. The summed E-state index contributed by atoms with van der Waals surface area (Å²) in [5.74, 6) is 1.27. The Kier molecular flexibility index (Phi) is 5.72. The highest BCUT2D eigenvalue weighted by atomic mass is 16.5. The molecule has 130 valence electrons. The first kappa shape index (κ1) is 16.8. The third kappa shape index (κ3) is 4.98. The van der Waals surface area contributed by atoms with E-state index in [1.165, 1.54) is 0 Å². The molecule has 2 unspecified atom stereocenters. The van der Waals surface area contributed by atoms with Gasteiger partial charge in [-0.25, -0.2) is 0 Å². The molecule has 2 saturated carbocycles. The smallest absolute Gasteiger partial charge is 0.223 e. The highest BCUT2D eigenvalue weighted by Crippen LogP contribution is 2.28. The number of hydrogen-bond acceptors (Lipinski definition) is 3. The molecule has 2 aliphatic rings. The summed E-state index contributed by atoms with van der Waals surface area (Å²) in [7, 11) is 0. The average molecular weight is 330 g/mol. The lowest BCUT2D eigenvalue weighted by atomic mass is 10.2. The number of amides is 2. The van der Waals surface area contributed by atoms with Crippen molar-refractivity contribution >= 4 is 11.8 Å². The van der Waals surface area contributed by atoms with Gasteiger partial charge in [0.25, 0.3) is 0 Å². The number of para-hydroxylation sites is 1. The van der Waals surface area contributed by atoms with E-state index in [4.69, 9.17) is 4.74 Å². The van der Waals surface area contributed by atoms with Gasteiger partial charge in [0.2, 0.25) is 11.8 Å². The molecular formula is C19H26N2O3. The van der Waals surface area contributed by atoms with Crippen LogP contribution in [-0.4, -0.2) is 30.5 Å². The number of benzene rings is 1. The van der Waals surface area contributed by atoms with Gasteiger partial charge in [-0.15, -0.1) is 0 Å². The van der Waals surface area contributed by atoms with Gasteiger partial charge in [-0.3, -0.25) is 9.59 Å². The second-order valence-corrected chi connectivity index (χ2v) is 6.74. The quantitative estimate of drug-likeness (QED) is 0.719. The Labute approximate surface area is 143 Å². The summed E-state index contributed by atoms with van der Waals surface area (Å²) >= 11 is 0. The van der Waals surface area contributed by atoms with Gasteiger partial charge < -0.3 is 15.4 Å². The van der Waals surface area contributed by atoms with E-state index in [9.17, 15) is 9.59 Å². The Hall–Kier alpha value is -2.04. The first-order valence-electron chi connectivity index (χ1n) is 9.01. The molecule has 5 heteroatoms. The van der Waals surface area contributed by atoms with Crippen LogP contribution in [0.5, 0.6) is 5.75 Å². The lowest BCUT2D eigenvalue weighted by Gasteiger charge is -2.22. The van der Waals surface area contributed by atoms with E-state index in [2.05, 4.69) is 10.6 Å². The van der Waals surface area contributed by atoms with Crippen LogP contribution in [0.3, 0.4) is 0 Å². The fourth-order valence-corrected chi connectivity index (χ4v) is 3.14. The largest absolute Gasteiger partial charge is 0.488 e. The van der Waals surface area contributed by atoms with E-state index in [0.29, 0.717) is 19.4 Å². The number of carbonyl (C=O) groups is 2. The van der Waals surface area contributed by atoms with E-state index < -0.39 is 0 Å². The summed E-state index contributed by atoms with van der Waals surface area (Å²) in [5, 5.41) is 5.99. The molecule has 0 aliphatic heterocycles. The maximum atomic E-state index is 12.1. The van der Waals surface area contributed by atoms with Crippen molar-refractivity contribution in [3.8, 4) is 5.75 Å². The van der Waals surface area contributed by atoms with Gasteiger partial charge in [-0.05, 0) is 50.7 Å². The fourth-order valence-electron chi connectivity index (χ4n) is 3.14. The van der Waals surface area contributed by atoms with Crippen molar-refractivity contribution in [2.75, 3.05) is 6.54 Å². The van der Waals surface area contributed by atoms with Gasteiger partial charge in [0.1, 0.15) is 11.9 Å². The van der Waals surface area contributed by atoms with Crippen LogP contribution in [0.2, 0.25) is 0 Å². The molecule has 2 N–H and O–H groups in total. The number of nitrogens with one attached hydrogen (secondary N) is 2. The molecular weight excluding hydrogens is 304 g/mol. The molecule has 2 atom stereocenters. The van der Waals surface area contributed by atoms with Crippen molar-refractivity contribution in [1.82, 2.24) is 10.6 Å². The highest BCUT2D eigenvalue weighted by molar-refractivity contribution is 5.81. The molecule has 0 aromatic heterocycles. The molecule has 2 fully saturated rings. The van der Waals surface area contributed by atoms with Crippen LogP contribution in [0.1, 0.15) is 44.9 Å². The second-order valence-electron chi connectivity index (χ2n) is 6.74. The molecule has 1 aromatic rings. The normalized spacial score (nSPS) is 22.8. The lowest BCUT2D eigenvalue weighted by molar-refractivity contribution is -0.124. The van der Waals surface area contributed by atoms with Gasteiger partial charge >= 0.3 is 0 Å². The summed E-state index contributed by atoms with van der Waals surface area (Å²) < 4.78 is 6.01. The van der Waals surface area contributed by atoms with Crippen LogP contribution in [0, 0.1) is 5.92 Å². The zero-order valence-electron chi connectivity index (χ0n) is 14.0. The minimum atomic E-state index is 0.0456. The zero-order chi connectivity index (χ0) is 16.8. The number of rotatable bonds is 8. The molecule has 0 spiro atoms. The Morgan fingerprint density at radius 3 is 2.62 bits per heavy atom. The van der Waals surface area contributed by atoms with Crippen LogP contribution in [-0.2, 0) is 9.59 Å². The molecule has 0 radical (unpaired) electrons. The molecule has 1 aromatic carbocycles. The molecule has 3 rings (SSSR count). The van der Waals surface area contributed by atoms with E-state index in [1.54, 1.807) is 0 Å². The van der Waals surface area contributed by atoms with Crippen LogP contribution >= 0.6 is 0 Å². The molecule has 0 heterocycles. The first-order chi connectivity index (χ1) is 11.7. The van der Waals surface area contributed by atoms with Crippen molar-refractivity contribution in [3.63, 3.8) is 0 Å². The van der Waals surface area contributed by atoms with Gasteiger partial charge in [0.15, 0.2) is 0 Å². The van der Waals surface area contributed by atoms with E-state index in [-0.39, 0.29) is 29.9 Å². The third-order valence-corrected chi connectivity index (χ3v) is 4.66. The molecule has 2 aliphatic carbocycles. The zero-order valence-corrected chi connectivity index (χ0v) is 14.0. The predicted octanol–water partition coefficient (Wildman–Crippen LogP) is 2.41. The van der Waals surface area contributed by atoms with Gasteiger partial charge in [0.05, 0.1) is 6.04 Å². The fraction of sp³-hybridized carbons (Fsp3) is 0.579. The van der Waals surface area contributed by atoms with E-state index >= 15 is 0 Å². The Morgan fingerprint density at radius 2 is 1.88 bits per heavy atom. The van der Waals surface area contributed by atoms with Crippen LogP contribution in [0.25, 0.3) is 0 Å². The summed E-state index contributed by atoms with van der Waals surface area (Å²) in [4.78, 5) is 23.6. The summed E-state index contributed by atoms with van der Waals surface area (Å²) in [5.41, 5.74) is 0. The summed E-state index contributed by atoms with van der Waals surface area (Å²) in [6, 6.07) is 9.84. The van der Waals surface area contributed by atoms with Crippen molar-refractivity contribution in [3.05, 3.63) is 30.3 Å². The molecule has 5 nitrogen and oxygen atoms in total.